The molecule has 0 bridgehead atoms. The fraction of sp³-hybridized carbons (Fsp3) is 0.727. The van der Waals surface area contributed by atoms with Gasteiger partial charge in [-0.15, -0.1) is 0 Å². The summed E-state index contributed by atoms with van der Waals surface area (Å²) < 4.78 is 0. The Hall–Kier alpha value is -1.43. The van der Waals surface area contributed by atoms with Gasteiger partial charge in [-0.05, 0) is 18.8 Å². The Kier molecular flexibility index (Phi) is 5.62. The van der Waals surface area contributed by atoms with Gasteiger partial charge in [-0.3, -0.25) is 9.89 Å². The lowest BCUT2D eigenvalue weighted by Gasteiger charge is -2.13. The average molecular weight is 239 g/mol. The number of aromatic amines is 1. The molecule has 1 atom stereocenters. The first-order chi connectivity index (χ1) is 8.09. The van der Waals surface area contributed by atoms with Gasteiger partial charge in [0.2, 0.25) is 5.91 Å². The third-order valence-corrected chi connectivity index (χ3v) is 2.42. The third kappa shape index (κ3) is 5.44. The Balaban J connectivity index is 2.11. The topological polar surface area (TPSA) is 96.7 Å². The Morgan fingerprint density at radius 1 is 1.59 bits per heavy atom. The average Bonchev–Trinajstić information content (AvgIpc) is 2.75. The summed E-state index contributed by atoms with van der Waals surface area (Å²) in [6.45, 7) is 4.72. The van der Waals surface area contributed by atoms with Gasteiger partial charge >= 0.3 is 0 Å². The second kappa shape index (κ2) is 7.01. The van der Waals surface area contributed by atoms with E-state index < -0.39 is 6.04 Å². The fourth-order valence-electron chi connectivity index (χ4n) is 1.56. The summed E-state index contributed by atoms with van der Waals surface area (Å²) in [4.78, 5) is 15.6. The summed E-state index contributed by atoms with van der Waals surface area (Å²) in [5.41, 5.74) is 5.75. The van der Waals surface area contributed by atoms with Crippen molar-refractivity contribution in [3.63, 3.8) is 0 Å². The maximum Gasteiger partial charge on any atom is 0.236 e. The van der Waals surface area contributed by atoms with Crippen LogP contribution in [0, 0.1) is 5.92 Å². The molecule has 0 aliphatic heterocycles. The number of carbonyl (C=O) groups is 1. The van der Waals surface area contributed by atoms with Gasteiger partial charge in [-0.25, -0.2) is 4.98 Å². The van der Waals surface area contributed by atoms with Crippen molar-refractivity contribution in [1.29, 1.82) is 0 Å². The summed E-state index contributed by atoms with van der Waals surface area (Å²) in [5, 5.41) is 9.35. The van der Waals surface area contributed by atoms with Gasteiger partial charge in [-0.2, -0.15) is 5.10 Å². The van der Waals surface area contributed by atoms with E-state index in [9.17, 15) is 4.79 Å². The van der Waals surface area contributed by atoms with Crippen LogP contribution in [-0.2, 0) is 11.2 Å². The van der Waals surface area contributed by atoms with Crippen molar-refractivity contribution >= 4 is 5.91 Å². The van der Waals surface area contributed by atoms with Crippen molar-refractivity contribution in [2.75, 3.05) is 6.54 Å². The lowest BCUT2D eigenvalue weighted by atomic mass is 10.0. The molecule has 96 valence electrons. The number of H-pyrrole nitrogens is 1. The second-order valence-corrected chi connectivity index (χ2v) is 4.56. The zero-order chi connectivity index (χ0) is 12.7. The van der Waals surface area contributed by atoms with E-state index in [1.807, 2.05) is 0 Å². The van der Waals surface area contributed by atoms with E-state index >= 15 is 0 Å². The Morgan fingerprint density at radius 2 is 2.35 bits per heavy atom. The molecule has 1 heterocycles. The maximum absolute atomic E-state index is 11.6. The van der Waals surface area contributed by atoms with Crippen LogP contribution >= 0.6 is 0 Å². The van der Waals surface area contributed by atoms with Gasteiger partial charge in [0.1, 0.15) is 12.2 Å². The maximum atomic E-state index is 11.6. The molecular weight excluding hydrogens is 218 g/mol. The van der Waals surface area contributed by atoms with E-state index in [-0.39, 0.29) is 5.91 Å². The molecule has 1 aromatic heterocycles. The number of carbonyl (C=O) groups excluding carboxylic acids is 1. The predicted molar refractivity (Wildman–Crippen MR) is 65.1 cm³/mol. The second-order valence-electron chi connectivity index (χ2n) is 4.56. The predicted octanol–water partition coefficient (Wildman–Crippen LogP) is 0.227. The minimum absolute atomic E-state index is 0.0729. The molecule has 1 amide bonds. The van der Waals surface area contributed by atoms with Crippen LogP contribution in [0.5, 0.6) is 0 Å². The number of aromatic nitrogens is 3. The van der Waals surface area contributed by atoms with Crippen molar-refractivity contribution in [2.45, 2.75) is 39.2 Å². The molecule has 0 spiro atoms. The molecule has 0 radical (unpaired) electrons. The first-order valence-corrected chi connectivity index (χ1v) is 5.97. The monoisotopic (exact) mass is 239 g/mol. The summed E-state index contributed by atoms with van der Waals surface area (Å²) in [6.07, 6.45) is 3.80. The largest absolute Gasteiger partial charge is 0.355 e. The number of nitrogens with zero attached hydrogens (tertiary/aromatic N) is 2. The van der Waals surface area contributed by atoms with E-state index in [1.54, 1.807) is 0 Å². The standard InChI is InChI=1S/C11H21N5O/c1-8(2)6-9(12)11(17)13-5-3-4-10-14-7-15-16-10/h7-9H,3-6,12H2,1-2H3,(H,13,17)(H,14,15,16)/t9-/m1/s1. The zero-order valence-corrected chi connectivity index (χ0v) is 10.4. The molecule has 17 heavy (non-hydrogen) atoms. The normalized spacial score (nSPS) is 12.7. The Labute approximate surface area is 101 Å². The number of aryl methyl sites for hydroxylation is 1. The number of nitrogens with two attached hydrogens (primary N) is 1. The summed E-state index contributed by atoms with van der Waals surface area (Å²) in [6, 6.07) is -0.403. The molecule has 0 aliphatic carbocycles. The molecule has 0 unspecified atom stereocenters. The van der Waals surface area contributed by atoms with Crippen LogP contribution in [-0.4, -0.2) is 33.7 Å². The fourth-order valence-corrected chi connectivity index (χ4v) is 1.56. The minimum atomic E-state index is -0.403. The summed E-state index contributed by atoms with van der Waals surface area (Å²) in [7, 11) is 0. The molecule has 4 N–H and O–H groups in total. The van der Waals surface area contributed by atoms with E-state index in [1.165, 1.54) is 6.33 Å². The van der Waals surface area contributed by atoms with Crippen molar-refractivity contribution in [1.82, 2.24) is 20.5 Å². The van der Waals surface area contributed by atoms with Crippen LogP contribution in [0.25, 0.3) is 0 Å². The van der Waals surface area contributed by atoms with Crippen LogP contribution in [0.1, 0.15) is 32.5 Å². The van der Waals surface area contributed by atoms with Crippen LogP contribution in [0.2, 0.25) is 0 Å². The van der Waals surface area contributed by atoms with Gasteiger partial charge < -0.3 is 11.1 Å². The smallest absolute Gasteiger partial charge is 0.236 e. The van der Waals surface area contributed by atoms with E-state index in [0.717, 1.165) is 18.7 Å². The van der Waals surface area contributed by atoms with Crippen molar-refractivity contribution in [3.05, 3.63) is 12.2 Å². The molecule has 0 aromatic carbocycles. The van der Waals surface area contributed by atoms with E-state index in [4.69, 9.17) is 5.73 Å². The molecule has 6 nitrogen and oxygen atoms in total. The minimum Gasteiger partial charge on any atom is -0.355 e. The number of hydrogen-bond acceptors (Lipinski definition) is 4. The highest BCUT2D eigenvalue weighted by atomic mass is 16.2. The highest BCUT2D eigenvalue weighted by molar-refractivity contribution is 5.81. The molecule has 1 rings (SSSR count). The van der Waals surface area contributed by atoms with Crippen molar-refractivity contribution in [2.24, 2.45) is 11.7 Å². The van der Waals surface area contributed by atoms with Gasteiger partial charge in [0, 0.05) is 13.0 Å². The lowest BCUT2D eigenvalue weighted by molar-refractivity contribution is -0.122. The number of rotatable bonds is 7. The van der Waals surface area contributed by atoms with E-state index in [0.29, 0.717) is 18.9 Å². The molecule has 0 aliphatic rings. The third-order valence-electron chi connectivity index (χ3n) is 2.42. The first-order valence-electron chi connectivity index (χ1n) is 5.97. The van der Waals surface area contributed by atoms with Gasteiger partial charge in [0.25, 0.3) is 0 Å². The molecule has 0 saturated heterocycles. The Morgan fingerprint density at radius 3 is 2.94 bits per heavy atom. The highest BCUT2D eigenvalue weighted by Crippen LogP contribution is 2.02. The number of amides is 1. The molecule has 1 aromatic rings. The van der Waals surface area contributed by atoms with Crippen molar-refractivity contribution in [3.8, 4) is 0 Å². The van der Waals surface area contributed by atoms with Gasteiger partial charge in [0.05, 0.1) is 6.04 Å². The van der Waals surface area contributed by atoms with Crippen LogP contribution in [0.4, 0.5) is 0 Å². The quantitative estimate of drug-likeness (QED) is 0.593. The summed E-state index contributed by atoms with van der Waals surface area (Å²) in [5.74, 6) is 1.20. The Bertz CT molecular complexity index is 323. The summed E-state index contributed by atoms with van der Waals surface area (Å²) >= 11 is 0. The van der Waals surface area contributed by atoms with Crippen LogP contribution < -0.4 is 11.1 Å². The van der Waals surface area contributed by atoms with Crippen molar-refractivity contribution < 1.29 is 4.79 Å². The molecular formula is C11H21N5O. The zero-order valence-electron chi connectivity index (χ0n) is 10.4. The molecule has 0 saturated carbocycles. The molecule has 0 fully saturated rings. The van der Waals surface area contributed by atoms with Crippen LogP contribution in [0.15, 0.2) is 6.33 Å². The van der Waals surface area contributed by atoms with E-state index in [2.05, 4.69) is 34.3 Å². The lowest BCUT2D eigenvalue weighted by Crippen LogP contribution is -2.41. The van der Waals surface area contributed by atoms with Gasteiger partial charge in [0.15, 0.2) is 0 Å². The first kappa shape index (κ1) is 13.6. The number of hydrogen-bond donors (Lipinski definition) is 3. The molecule has 6 heteroatoms. The van der Waals surface area contributed by atoms with Gasteiger partial charge in [-0.1, -0.05) is 13.8 Å². The highest BCUT2D eigenvalue weighted by Gasteiger charge is 2.13. The number of nitrogens with one attached hydrogen (secondary N) is 2. The van der Waals surface area contributed by atoms with Crippen LogP contribution in [0.3, 0.4) is 0 Å². The SMILES string of the molecule is CC(C)C[C@@H](N)C(=O)NCCCc1ncn[nH]1.